The number of carboxylic acids is 1. The Morgan fingerprint density at radius 2 is 2.43 bits per heavy atom. The first-order valence-electron chi connectivity index (χ1n) is 4.02. The average molecular weight is 216 g/mol. The molecule has 2 unspecified atom stereocenters. The van der Waals surface area contributed by atoms with E-state index in [-0.39, 0.29) is 0 Å². The zero-order valence-corrected chi connectivity index (χ0v) is 9.15. The van der Waals surface area contributed by atoms with Gasteiger partial charge in [0.05, 0.1) is 7.11 Å². The van der Waals surface area contributed by atoms with E-state index in [1.165, 1.54) is 7.11 Å². The van der Waals surface area contributed by atoms with E-state index in [0.29, 0.717) is 11.6 Å². The SMILES string of the molecule is COC1=C(C)C=C(NP)C(C(=O)O)N1. The summed E-state index contributed by atoms with van der Waals surface area (Å²) in [5.74, 6) is -0.463. The van der Waals surface area contributed by atoms with Gasteiger partial charge >= 0.3 is 5.97 Å². The highest BCUT2D eigenvalue weighted by Gasteiger charge is 2.26. The first-order valence-corrected chi connectivity index (χ1v) is 4.60. The van der Waals surface area contributed by atoms with E-state index in [9.17, 15) is 4.79 Å². The third kappa shape index (κ3) is 1.99. The lowest BCUT2D eigenvalue weighted by atomic mass is 10.1. The summed E-state index contributed by atoms with van der Waals surface area (Å²) < 4.78 is 5.00. The van der Waals surface area contributed by atoms with Gasteiger partial charge in [0.1, 0.15) is 0 Å². The maximum Gasteiger partial charge on any atom is 0.332 e. The van der Waals surface area contributed by atoms with Crippen molar-refractivity contribution in [3.05, 3.63) is 23.2 Å². The molecule has 1 aliphatic rings. The molecule has 78 valence electrons. The van der Waals surface area contributed by atoms with Crippen LogP contribution in [-0.4, -0.2) is 24.2 Å². The highest BCUT2D eigenvalue weighted by atomic mass is 31.0. The minimum absolute atomic E-state index is 0.487. The Balaban J connectivity index is 2.98. The van der Waals surface area contributed by atoms with Crippen LogP contribution in [0.15, 0.2) is 23.2 Å². The molecule has 6 heteroatoms. The van der Waals surface area contributed by atoms with Crippen LogP contribution in [0.2, 0.25) is 0 Å². The first kappa shape index (κ1) is 10.9. The summed E-state index contributed by atoms with van der Waals surface area (Å²) in [5, 5.41) is 14.4. The van der Waals surface area contributed by atoms with Gasteiger partial charge in [-0.15, -0.1) is 0 Å². The fourth-order valence-corrected chi connectivity index (χ4v) is 1.49. The molecule has 0 aromatic carbocycles. The second-order valence-corrected chi connectivity index (χ2v) is 3.16. The van der Waals surface area contributed by atoms with Crippen molar-refractivity contribution in [2.45, 2.75) is 13.0 Å². The number of rotatable bonds is 3. The maximum atomic E-state index is 10.9. The normalized spacial score (nSPS) is 21.1. The number of hydrogen-bond acceptors (Lipinski definition) is 4. The topological polar surface area (TPSA) is 70.6 Å². The molecule has 3 N–H and O–H groups in total. The molecule has 0 saturated carbocycles. The largest absolute Gasteiger partial charge is 0.482 e. The highest BCUT2D eigenvalue weighted by molar-refractivity contribution is 7.14. The Labute approximate surface area is 84.5 Å². The van der Waals surface area contributed by atoms with Crippen LogP contribution in [0.4, 0.5) is 0 Å². The van der Waals surface area contributed by atoms with Gasteiger partial charge in [0, 0.05) is 11.3 Å². The molecule has 1 aliphatic heterocycles. The molecule has 1 heterocycles. The number of allylic oxidation sites excluding steroid dienone is 2. The van der Waals surface area contributed by atoms with Gasteiger partial charge in [-0.3, -0.25) is 0 Å². The van der Waals surface area contributed by atoms with Crippen LogP contribution in [0, 0.1) is 0 Å². The third-order valence-corrected chi connectivity index (χ3v) is 2.27. The Kier molecular flexibility index (Phi) is 3.36. The first-order chi connectivity index (χ1) is 6.60. The summed E-state index contributed by atoms with van der Waals surface area (Å²) in [7, 11) is 3.77. The summed E-state index contributed by atoms with van der Waals surface area (Å²) in [4.78, 5) is 10.9. The van der Waals surface area contributed by atoms with Gasteiger partial charge in [0.15, 0.2) is 11.9 Å². The highest BCUT2D eigenvalue weighted by Crippen LogP contribution is 2.16. The van der Waals surface area contributed by atoms with Crippen LogP contribution in [0.1, 0.15) is 6.92 Å². The standard InChI is InChI=1S/C8H13N2O3P/c1-4-3-5(10-14)6(8(11)12)9-7(4)13-2/h3,6,9-10H,14H2,1-2H3,(H,11,12). The molecular weight excluding hydrogens is 203 g/mol. The van der Waals surface area contributed by atoms with Crippen LogP contribution < -0.4 is 10.4 Å². The monoisotopic (exact) mass is 216 g/mol. The van der Waals surface area contributed by atoms with Crippen molar-refractivity contribution >= 4 is 15.4 Å². The molecule has 0 spiro atoms. The quantitative estimate of drug-likeness (QED) is 0.587. The van der Waals surface area contributed by atoms with E-state index in [0.717, 1.165) is 5.57 Å². The molecular formula is C8H13N2O3P. The zero-order chi connectivity index (χ0) is 10.7. The molecule has 0 bridgehead atoms. The summed E-state index contributed by atoms with van der Waals surface area (Å²) in [5.41, 5.74) is 1.44. The lowest BCUT2D eigenvalue weighted by molar-refractivity contribution is -0.138. The molecule has 1 rings (SSSR count). The molecule has 0 fully saturated rings. The van der Waals surface area contributed by atoms with Crippen LogP contribution in [-0.2, 0) is 9.53 Å². The van der Waals surface area contributed by atoms with Gasteiger partial charge in [-0.25, -0.2) is 4.79 Å². The lowest BCUT2D eigenvalue weighted by Gasteiger charge is -2.25. The number of hydrogen-bond donors (Lipinski definition) is 3. The van der Waals surface area contributed by atoms with E-state index in [2.05, 4.69) is 19.8 Å². The molecule has 5 nitrogen and oxygen atoms in total. The predicted molar refractivity (Wildman–Crippen MR) is 55.2 cm³/mol. The number of methoxy groups -OCH3 is 1. The van der Waals surface area contributed by atoms with E-state index in [1.54, 1.807) is 6.08 Å². The van der Waals surface area contributed by atoms with Gasteiger partial charge in [0.2, 0.25) is 0 Å². The Morgan fingerprint density at radius 1 is 1.79 bits per heavy atom. The Bertz CT molecular complexity index is 312. The number of nitrogens with one attached hydrogen (secondary N) is 2. The number of carbonyl (C=O) groups is 1. The molecule has 0 saturated heterocycles. The molecule has 0 aromatic heterocycles. The van der Waals surface area contributed by atoms with E-state index in [4.69, 9.17) is 9.84 Å². The molecule has 14 heavy (non-hydrogen) atoms. The van der Waals surface area contributed by atoms with Gasteiger partial charge in [-0.05, 0) is 22.4 Å². The summed E-state index contributed by atoms with van der Waals surface area (Å²) in [6.07, 6.45) is 1.74. The van der Waals surface area contributed by atoms with Crippen LogP contribution in [0.3, 0.4) is 0 Å². The molecule has 2 atom stereocenters. The van der Waals surface area contributed by atoms with Crippen LogP contribution >= 0.6 is 9.39 Å². The van der Waals surface area contributed by atoms with E-state index < -0.39 is 12.0 Å². The number of aliphatic carboxylic acids is 1. The number of ether oxygens (including phenoxy) is 1. The number of carboxylic acid groups (broad SMARTS) is 1. The molecule has 0 radical (unpaired) electrons. The Hall–Kier alpha value is -1.22. The fourth-order valence-electron chi connectivity index (χ4n) is 1.24. The van der Waals surface area contributed by atoms with Gasteiger partial charge < -0.3 is 20.2 Å². The molecule has 0 aliphatic carbocycles. The van der Waals surface area contributed by atoms with Crippen molar-refractivity contribution < 1.29 is 14.6 Å². The lowest BCUT2D eigenvalue weighted by Crippen LogP contribution is -2.43. The van der Waals surface area contributed by atoms with Crippen LogP contribution in [0.25, 0.3) is 0 Å². The number of dihydropyridines is 1. The van der Waals surface area contributed by atoms with E-state index >= 15 is 0 Å². The van der Waals surface area contributed by atoms with Crippen molar-refractivity contribution in [1.82, 2.24) is 10.4 Å². The average Bonchev–Trinajstić information content (AvgIpc) is 2.16. The molecule has 0 amide bonds. The summed E-state index contributed by atoms with van der Waals surface area (Å²) in [6.45, 7) is 1.84. The second kappa shape index (κ2) is 4.33. The van der Waals surface area contributed by atoms with E-state index in [1.807, 2.05) is 6.92 Å². The van der Waals surface area contributed by atoms with Gasteiger partial charge in [0.25, 0.3) is 0 Å². The maximum absolute atomic E-state index is 10.9. The zero-order valence-electron chi connectivity index (χ0n) is 8.00. The van der Waals surface area contributed by atoms with Crippen molar-refractivity contribution in [3.8, 4) is 0 Å². The molecule has 0 aromatic rings. The van der Waals surface area contributed by atoms with Gasteiger partial charge in [-0.1, -0.05) is 0 Å². The van der Waals surface area contributed by atoms with Crippen LogP contribution in [0.5, 0.6) is 0 Å². The minimum atomic E-state index is -0.951. The van der Waals surface area contributed by atoms with Crippen molar-refractivity contribution in [2.24, 2.45) is 0 Å². The van der Waals surface area contributed by atoms with Crippen molar-refractivity contribution in [2.75, 3.05) is 7.11 Å². The van der Waals surface area contributed by atoms with Crippen molar-refractivity contribution in [3.63, 3.8) is 0 Å². The summed E-state index contributed by atoms with van der Waals surface area (Å²) in [6, 6.07) is -0.786. The second-order valence-electron chi connectivity index (χ2n) is 2.88. The van der Waals surface area contributed by atoms with Crippen molar-refractivity contribution in [1.29, 1.82) is 0 Å². The van der Waals surface area contributed by atoms with Gasteiger partial charge in [-0.2, -0.15) is 0 Å². The third-order valence-electron chi connectivity index (χ3n) is 1.93. The Morgan fingerprint density at radius 3 is 2.86 bits per heavy atom. The summed E-state index contributed by atoms with van der Waals surface area (Å²) >= 11 is 0. The smallest absolute Gasteiger partial charge is 0.332 e. The minimum Gasteiger partial charge on any atom is -0.482 e. The fraction of sp³-hybridized carbons (Fsp3) is 0.375. The predicted octanol–water partition coefficient (Wildman–Crippen LogP) is 0.184.